The second kappa shape index (κ2) is 8.68. The fourth-order valence-corrected chi connectivity index (χ4v) is 4.02. The molecule has 1 aliphatic heterocycles. The lowest BCUT2D eigenvalue weighted by Crippen LogP contribution is -2.39. The van der Waals surface area contributed by atoms with Gasteiger partial charge in [0.05, 0.1) is 5.25 Å². The predicted molar refractivity (Wildman–Crippen MR) is 104 cm³/mol. The summed E-state index contributed by atoms with van der Waals surface area (Å²) in [5, 5.41) is 8.57. The number of carbonyl (C=O) groups excluding carboxylic acids is 1. The summed E-state index contributed by atoms with van der Waals surface area (Å²) < 4.78 is 1.85. The topological polar surface area (TPSA) is 54.3 Å². The molecule has 7 heteroatoms. The first-order valence-corrected chi connectivity index (χ1v) is 9.98. The molecule has 1 aromatic heterocycles. The zero-order chi connectivity index (χ0) is 18.5. The van der Waals surface area contributed by atoms with Crippen LogP contribution in [-0.4, -0.2) is 61.9 Å². The Hall–Kier alpha value is -1.86. The van der Waals surface area contributed by atoms with Crippen LogP contribution in [0.2, 0.25) is 0 Å². The summed E-state index contributed by atoms with van der Waals surface area (Å²) in [4.78, 5) is 17.3. The number of nitrogens with zero attached hydrogens (tertiary/aromatic N) is 5. The van der Waals surface area contributed by atoms with Crippen molar-refractivity contribution in [2.75, 3.05) is 26.2 Å². The summed E-state index contributed by atoms with van der Waals surface area (Å²) in [6.07, 6.45) is 2.67. The Bertz CT molecular complexity index is 730. The largest absolute Gasteiger partial charge is 0.340 e. The maximum Gasteiger partial charge on any atom is 0.235 e. The summed E-state index contributed by atoms with van der Waals surface area (Å²) in [5.74, 6) is 0.190. The van der Waals surface area contributed by atoms with Crippen LogP contribution in [-0.2, 0) is 18.4 Å². The fourth-order valence-electron chi connectivity index (χ4n) is 3.15. The molecular weight excluding hydrogens is 346 g/mol. The number of aromatic nitrogens is 3. The summed E-state index contributed by atoms with van der Waals surface area (Å²) in [6, 6.07) is 8.72. The lowest BCUT2D eigenvalue weighted by molar-refractivity contribution is -0.130. The molecule has 0 N–H and O–H groups in total. The van der Waals surface area contributed by atoms with Gasteiger partial charge in [-0.25, -0.2) is 0 Å². The number of carbonyl (C=O) groups is 1. The number of thioether (sulfide) groups is 1. The zero-order valence-electron chi connectivity index (χ0n) is 15.8. The maximum atomic E-state index is 12.8. The smallest absolute Gasteiger partial charge is 0.235 e. The molecule has 140 valence electrons. The van der Waals surface area contributed by atoms with E-state index in [-0.39, 0.29) is 11.2 Å². The molecule has 1 unspecified atom stereocenters. The van der Waals surface area contributed by atoms with Crippen molar-refractivity contribution >= 4 is 17.7 Å². The van der Waals surface area contributed by atoms with Gasteiger partial charge in [-0.15, -0.1) is 10.2 Å². The predicted octanol–water partition coefficient (Wildman–Crippen LogP) is 2.34. The molecule has 2 heterocycles. The molecule has 1 fully saturated rings. The van der Waals surface area contributed by atoms with Gasteiger partial charge in [0.15, 0.2) is 5.16 Å². The zero-order valence-corrected chi connectivity index (χ0v) is 16.6. The number of amides is 1. The highest BCUT2D eigenvalue weighted by molar-refractivity contribution is 8.00. The van der Waals surface area contributed by atoms with E-state index < -0.39 is 0 Å². The molecule has 6 nitrogen and oxygen atoms in total. The quantitative estimate of drug-likeness (QED) is 0.753. The molecule has 2 aromatic rings. The van der Waals surface area contributed by atoms with Crippen LogP contribution in [0.15, 0.2) is 35.7 Å². The van der Waals surface area contributed by atoms with Gasteiger partial charge in [0.25, 0.3) is 0 Å². The Kier molecular flexibility index (Phi) is 6.32. The monoisotopic (exact) mass is 373 g/mol. The highest BCUT2D eigenvalue weighted by Crippen LogP contribution is 2.22. The van der Waals surface area contributed by atoms with E-state index in [1.165, 1.54) is 22.9 Å². The van der Waals surface area contributed by atoms with Gasteiger partial charge in [-0.2, -0.15) is 0 Å². The molecule has 1 aromatic carbocycles. The molecule has 3 rings (SSSR count). The number of hydrogen-bond donors (Lipinski definition) is 0. The highest BCUT2D eigenvalue weighted by Gasteiger charge is 2.25. The van der Waals surface area contributed by atoms with Gasteiger partial charge in [0, 0.05) is 39.8 Å². The van der Waals surface area contributed by atoms with E-state index in [0.29, 0.717) is 0 Å². The molecule has 0 aliphatic carbocycles. The first-order chi connectivity index (χ1) is 12.5. The van der Waals surface area contributed by atoms with Crippen LogP contribution in [0, 0.1) is 6.92 Å². The van der Waals surface area contributed by atoms with E-state index in [9.17, 15) is 4.79 Å². The number of aryl methyl sites for hydroxylation is 2. The van der Waals surface area contributed by atoms with Gasteiger partial charge >= 0.3 is 0 Å². The van der Waals surface area contributed by atoms with Crippen molar-refractivity contribution in [1.82, 2.24) is 24.6 Å². The van der Waals surface area contributed by atoms with Crippen molar-refractivity contribution in [2.24, 2.45) is 7.05 Å². The third kappa shape index (κ3) is 4.86. The molecule has 1 aliphatic rings. The third-order valence-corrected chi connectivity index (χ3v) is 5.86. The van der Waals surface area contributed by atoms with Gasteiger partial charge in [0.1, 0.15) is 6.33 Å². The molecule has 0 saturated carbocycles. The molecular formula is C19H27N5OS. The van der Waals surface area contributed by atoms with Crippen LogP contribution in [0.3, 0.4) is 0 Å². The van der Waals surface area contributed by atoms with E-state index in [1.807, 2.05) is 23.4 Å². The first-order valence-electron chi connectivity index (χ1n) is 9.10. The minimum atomic E-state index is -0.151. The second-order valence-electron chi connectivity index (χ2n) is 6.93. The average Bonchev–Trinajstić information content (AvgIpc) is 2.89. The van der Waals surface area contributed by atoms with Crippen LogP contribution in [0.1, 0.15) is 24.5 Å². The maximum absolute atomic E-state index is 12.8. The Morgan fingerprint density at radius 1 is 1.19 bits per heavy atom. The summed E-state index contributed by atoms with van der Waals surface area (Å²) in [5.41, 5.74) is 2.62. The normalized spacial score (nSPS) is 17.1. The van der Waals surface area contributed by atoms with E-state index in [4.69, 9.17) is 0 Å². The highest BCUT2D eigenvalue weighted by atomic mass is 32.2. The van der Waals surface area contributed by atoms with Gasteiger partial charge in [0.2, 0.25) is 5.91 Å². The lowest BCUT2D eigenvalue weighted by Gasteiger charge is -2.24. The molecule has 1 atom stereocenters. The fraction of sp³-hybridized carbons (Fsp3) is 0.526. The van der Waals surface area contributed by atoms with Crippen molar-refractivity contribution in [3.05, 3.63) is 41.7 Å². The molecule has 1 amide bonds. The molecule has 0 spiro atoms. The van der Waals surface area contributed by atoms with Crippen LogP contribution < -0.4 is 0 Å². The minimum Gasteiger partial charge on any atom is -0.340 e. The minimum absolute atomic E-state index is 0.151. The van der Waals surface area contributed by atoms with E-state index in [1.54, 1.807) is 6.33 Å². The number of rotatable bonds is 5. The molecule has 26 heavy (non-hydrogen) atoms. The van der Waals surface area contributed by atoms with Crippen molar-refractivity contribution in [2.45, 2.75) is 37.2 Å². The molecule has 0 bridgehead atoms. The van der Waals surface area contributed by atoms with Gasteiger partial charge in [-0.3, -0.25) is 9.69 Å². The first kappa shape index (κ1) is 18.9. The van der Waals surface area contributed by atoms with Gasteiger partial charge < -0.3 is 9.47 Å². The van der Waals surface area contributed by atoms with E-state index in [2.05, 4.69) is 46.3 Å². The van der Waals surface area contributed by atoms with Crippen LogP contribution in [0.5, 0.6) is 0 Å². The van der Waals surface area contributed by atoms with Crippen LogP contribution >= 0.6 is 11.8 Å². The summed E-state index contributed by atoms with van der Waals surface area (Å²) in [7, 11) is 1.90. The Morgan fingerprint density at radius 3 is 2.65 bits per heavy atom. The standard InChI is InChI=1S/C19H27N5OS/c1-15-5-7-17(8-6-15)13-23-9-4-10-24(12-11-23)18(25)16(2)26-19-21-20-14-22(19)3/h5-8,14,16H,4,9-13H2,1-3H3. The number of hydrogen-bond acceptors (Lipinski definition) is 5. The average molecular weight is 374 g/mol. The summed E-state index contributed by atoms with van der Waals surface area (Å²) >= 11 is 1.47. The van der Waals surface area contributed by atoms with Crippen LogP contribution in [0.25, 0.3) is 0 Å². The molecule has 0 radical (unpaired) electrons. The summed E-state index contributed by atoms with van der Waals surface area (Å²) in [6.45, 7) is 8.58. The van der Waals surface area contributed by atoms with E-state index in [0.717, 1.165) is 44.3 Å². The Labute approximate surface area is 159 Å². The van der Waals surface area contributed by atoms with Crippen molar-refractivity contribution in [1.29, 1.82) is 0 Å². The van der Waals surface area contributed by atoms with Crippen molar-refractivity contribution in [3.8, 4) is 0 Å². The van der Waals surface area contributed by atoms with Gasteiger partial charge in [-0.1, -0.05) is 41.6 Å². The number of benzene rings is 1. The SMILES string of the molecule is Cc1ccc(CN2CCCN(C(=O)C(C)Sc3nncn3C)CC2)cc1. The van der Waals surface area contributed by atoms with Crippen molar-refractivity contribution in [3.63, 3.8) is 0 Å². The Morgan fingerprint density at radius 2 is 1.96 bits per heavy atom. The van der Waals surface area contributed by atoms with Crippen molar-refractivity contribution < 1.29 is 4.79 Å². The molecule has 1 saturated heterocycles. The second-order valence-corrected chi connectivity index (χ2v) is 8.23. The lowest BCUT2D eigenvalue weighted by atomic mass is 10.1. The van der Waals surface area contributed by atoms with Crippen LogP contribution in [0.4, 0.5) is 0 Å². The van der Waals surface area contributed by atoms with Gasteiger partial charge in [-0.05, 0) is 25.8 Å². The Balaban J connectivity index is 1.53. The third-order valence-electron chi connectivity index (χ3n) is 4.73. The van der Waals surface area contributed by atoms with E-state index >= 15 is 0 Å².